The predicted octanol–water partition coefficient (Wildman–Crippen LogP) is 8.69. The van der Waals surface area contributed by atoms with E-state index >= 15 is 0 Å². The highest BCUT2D eigenvalue weighted by molar-refractivity contribution is 7.52. The molecule has 1 rings (SSSR count). The van der Waals surface area contributed by atoms with Crippen LogP contribution in [0.2, 0.25) is 0 Å². The minimum absolute atomic E-state index is 0.292. The van der Waals surface area contributed by atoms with E-state index in [1.807, 2.05) is 30.3 Å². The van der Waals surface area contributed by atoms with Gasteiger partial charge in [0.05, 0.1) is 6.61 Å². The van der Waals surface area contributed by atoms with E-state index in [9.17, 15) is 9.46 Å². The third kappa shape index (κ3) is 17.1. The summed E-state index contributed by atoms with van der Waals surface area (Å²) in [5, 5.41) is 0. The molecule has 3 nitrogen and oxygen atoms in total. The third-order valence-corrected chi connectivity index (χ3v) is 7.29. The third-order valence-electron chi connectivity index (χ3n) is 5.82. The molecule has 0 bridgehead atoms. The molecule has 0 amide bonds. The molecule has 1 aromatic carbocycles. The van der Waals surface area contributed by atoms with Gasteiger partial charge in [0.1, 0.15) is 0 Å². The molecule has 0 saturated carbocycles. The molecule has 0 radical (unpaired) electrons. The molecule has 0 aliphatic heterocycles. The summed E-state index contributed by atoms with van der Waals surface area (Å²) >= 11 is 0. The molecule has 0 aliphatic carbocycles. The van der Waals surface area contributed by atoms with E-state index in [2.05, 4.69) is 6.92 Å². The summed E-state index contributed by atoms with van der Waals surface area (Å²) in [6.45, 7) is 2.59. The fourth-order valence-corrected chi connectivity index (χ4v) is 5.00. The maximum absolute atomic E-state index is 12.1. The molecule has 0 aromatic heterocycles. The van der Waals surface area contributed by atoms with E-state index in [0.29, 0.717) is 19.2 Å². The second-order valence-electron chi connectivity index (χ2n) is 8.73. The Kier molecular flexibility index (Phi) is 17.4. The average Bonchev–Trinajstić information content (AvgIpc) is 2.74. The van der Waals surface area contributed by atoms with Crippen molar-refractivity contribution in [2.24, 2.45) is 0 Å². The molecule has 0 aliphatic rings. The summed E-state index contributed by atoms with van der Waals surface area (Å²) in [6.07, 6.45) is 21.9. The predicted molar refractivity (Wildman–Crippen MR) is 130 cm³/mol. The number of hydrogen-bond donors (Lipinski definition) is 1. The summed E-state index contributed by atoms with van der Waals surface area (Å²) in [5.74, 6) is 0. The summed E-state index contributed by atoms with van der Waals surface area (Å²) < 4.78 is 17.4. The van der Waals surface area contributed by atoms with Crippen LogP contribution in [0.1, 0.15) is 115 Å². The minimum Gasteiger partial charge on any atom is -0.324 e. The molecule has 1 atom stereocenters. The fourth-order valence-electron chi connectivity index (χ4n) is 3.88. The van der Waals surface area contributed by atoms with Gasteiger partial charge in [-0.25, -0.2) is 0 Å². The van der Waals surface area contributed by atoms with Gasteiger partial charge in [0.25, 0.3) is 0 Å². The number of unbranched alkanes of at least 4 members (excludes halogenated alkanes) is 15. The quantitative estimate of drug-likeness (QED) is 0.154. The Labute approximate surface area is 186 Å². The van der Waals surface area contributed by atoms with Gasteiger partial charge in [-0.05, 0) is 18.4 Å². The Morgan fingerprint density at radius 3 is 1.60 bits per heavy atom. The Bertz CT molecular complexity index is 532. The van der Waals surface area contributed by atoms with Crippen LogP contribution in [0.25, 0.3) is 0 Å². The highest BCUT2D eigenvalue weighted by atomic mass is 31.2. The molecule has 0 saturated heterocycles. The molecule has 0 spiro atoms. The molecular formula is C26H47O3P. The van der Waals surface area contributed by atoms with Gasteiger partial charge >= 0.3 is 7.60 Å². The summed E-state index contributed by atoms with van der Waals surface area (Å²) in [4.78, 5) is 9.94. The van der Waals surface area contributed by atoms with Crippen LogP contribution in [0.15, 0.2) is 30.3 Å². The monoisotopic (exact) mass is 438 g/mol. The van der Waals surface area contributed by atoms with Crippen LogP contribution >= 0.6 is 7.60 Å². The van der Waals surface area contributed by atoms with Crippen molar-refractivity contribution in [2.75, 3.05) is 12.8 Å². The Balaban J connectivity index is 1.82. The second-order valence-corrected chi connectivity index (χ2v) is 10.7. The highest BCUT2D eigenvalue weighted by Gasteiger charge is 2.18. The zero-order valence-corrected chi connectivity index (χ0v) is 20.4. The lowest BCUT2D eigenvalue weighted by Crippen LogP contribution is -2.00. The molecule has 1 unspecified atom stereocenters. The van der Waals surface area contributed by atoms with E-state index in [0.717, 1.165) is 18.4 Å². The second kappa shape index (κ2) is 19.1. The molecule has 1 aromatic rings. The van der Waals surface area contributed by atoms with Crippen LogP contribution in [-0.4, -0.2) is 17.7 Å². The topological polar surface area (TPSA) is 46.5 Å². The van der Waals surface area contributed by atoms with Gasteiger partial charge in [0.15, 0.2) is 0 Å². The van der Waals surface area contributed by atoms with Crippen molar-refractivity contribution in [3.8, 4) is 0 Å². The summed E-state index contributed by atoms with van der Waals surface area (Å²) in [7, 11) is -3.42. The first-order chi connectivity index (χ1) is 14.6. The lowest BCUT2D eigenvalue weighted by Gasteiger charge is -2.12. The molecule has 30 heavy (non-hydrogen) atoms. The Morgan fingerprint density at radius 1 is 0.700 bits per heavy atom. The number of benzene rings is 1. The summed E-state index contributed by atoms with van der Waals surface area (Å²) in [6, 6.07) is 9.95. The Morgan fingerprint density at radius 2 is 1.13 bits per heavy atom. The highest BCUT2D eigenvalue weighted by Crippen LogP contribution is 2.42. The van der Waals surface area contributed by atoms with Crippen molar-refractivity contribution in [1.82, 2.24) is 0 Å². The van der Waals surface area contributed by atoms with E-state index in [1.54, 1.807) is 0 Å². The van der Waals surface area contributed by atoms with E-state index in [-0.39, 0.29) is 0 Å². The summed E-state index contributed by atoms with van der Waals surface area (Å²) in [5.41, 5.74) is 1.14. The van der Waals surface area contributed by atoms with Crippen molar-refractivity contribution in [1.29, 1.82) is 0 Å². The van der Waals surface area contributed by atoms with Crippen molar-refractivity contribution >= 4 is 7.60 Å². The molecule has 1 N–H and O–H groups in total. The lowest BCUT2D eigenvalue weighted by atomic mass is 10.0. The van der Waals surface area contributed by atoms with Crippen LogP contribution in [0.5, 0.6) is 0 Å². The zero-order valence-electron chi connectivity index (χ0n) is 19.5. The SMILES string of the molecule is CCCCCCCCCCCCCCCCCCP(=O)(O)OCCc1ccccc1. The van der Waals surface area contributed by atoms with E-state index < -0.39 is 7.60 Å². The molecule has 174 valence electrons. The standard InChI is InChI=1S/C26H47O3P/c1-2-3-4-5-6-7-8-9-10-11-12-13-14-15-16-20-25-30(27,28)29-24-23-26-21-18-17-19-22-26/h17-19,21-22H,2-16,20,23-25H2,1H3,(H,27,28). The number of rotatable bonds is 21. The van der Waals surface area contributed by atoms with Gasteiger partial charge in [-0.2, -0.15) is 0 Å². The maximum atomic E-state index is 12.1. The smallest absolute Gasteiger partial charge is 0.324 e. The van der Waals surface area contributed by atoms with Gasteiger partial charge in [-0.1, -0.05) is 134 Å². The molecule has 4 heteroatoms. The van der Waals surface area contributed by atoms with Gasteiger partial charge in [0.2, 0.25) is 0 Å². The fraction of sp³-hybridized carbons (Fsp3) is 0.769. The van der Waals surface area contributed by atoms with E-state index in [1.165, 1.54) is 89.9 Å². The van der Waals surface area contributed by atoms with Crippen LogP contribution in [0, 0.1) is 0 Å². The van der Waals surface area contributed by atoms with Gasteiger partial charge < -0.3 is 9.42 Å². The van der Waals surface area contributed by atoms with Crippen LogP contribution in [0.3, 0.4) is 0 Å². The first-order valence-electron chi connectivity index (χ1n) is 12.6. The van der Waals surface area contributed by atoms with Crippen molar-refractivity contribution in [3.63, 3.8) is 0 Å². The Hall–Kier alpha value is -0.630. The van der Waals surface area contributed by atoms with Crippen molar-refractivity contribution < 1.29 is 14.0 Å². The molecular weight excluding hydrogens is 391 g/mol. The molecule has 0 heterocycles. The first-order valence-corrected chi connectivity index (χ1v) is 14.4. The largest absolute Gasteiger partial charge is 0.328 e. The number of hydrogen-bond acceptors (Lipinski definition) is 2. The van der Waals surface area contributed by atoms with Crippen LogP contribution in [-0.2, 0) is 15.5 Å². The average molecular weight is 439 g/mol. The zero-order chi connectivity index (χ0) is 21.8. The van der Waals surface area contributed by atoms with Crippen molar-refractivity contribution in [2.45, 2.75) is 116 Å². The van der Waals surface area contributed by atoms with Gasteiger partial charge in [-0.3, -0.25) is 4.57 Å². The van der Waals surface area contributed by atoms with Crippen LogP contribution in [0.4, 0.5) is 0 Å². The molecule has 0 fully saturated rings. The van der Waals surface area contributed by atoms with Gasteiger partial charge in [0, 0.05) is 6.16 Å². The van der Waals surface area contributed by atoms with E-state index in [4.69, 9.17) is 4.52 Å². The first kappa shape index (κ1) is 27.4. The van der Waals surface area contributed by atoms with Crippen LogP contribution < -0.4 is 0 Å². The minimum atomic E-state index is -3.42. The van der Waals surface area contributed by atoms with Crippen molar-refractivity contribution in [3.05, 3.63) is 35.9 Å². The normalized spacial score (nSPS) is 13.4. The van der Waals surface area contributed by atoms with Gasteiger partial charge in [-0.15, -0.1) is 0 Å². The maximum Gasteiger partial charge on any atom is 0.328 e. The lowest BCUT2D eigenvalue weighted by molar-refractivity contribution is 0.262.